The van der Waals surface area contributed by atoms with Gasteiger partial charge in [0.1, 0.15) is 11.6 Å². The molecule has 0 amide bonds. The molecule has 1 aromatic rings. The summed E-state index contributed by atoms with van der Waals surface area (Å²) in [5.41, 5.74) is 0.263. The molecule has 18 heavy (non-hydrogen) atoms. The van der Waals surface area contributed by atoms with Gasteiger partial charge in [-0.15, -0.1) is 0 Å². The van der Waals surface area contributed by atoms with Gasteiger partial charge in [0.15, 0.2) is 0 Å². The van der Waals surface area contributed by atoms with Crippen LogP contribution in [0.25, 0.3) is 0 Å². The Bertz CT molecular complexity index is 343. The first-order valence-corrected chi connectivity index (χ1v) is 5.76. The molecule has 0 bridgehead atoms. The molecule has 6 heteroatoms. The van der Waals surface area contributed by atoms with Gasteiger partial charge >= 0.3 is 0 Å². The van der Waals surface area contributed by atoms with Crippen molar-refractivity contribution in [1.29, 1.82) is 0 Å². The second-order valence-corrected chi connectivity index (χ2v) is 3.93. The van der Waals surface area contributed by atoms with Gasteiger partial charge < -0.3 is 15.7 Å². The van der Waals surface area contributed by atoms with E-state index < -0.39 is 18.3 Å². The van der Waals surface area contributed by atoms with Crippen molar-refractivity contribution in [2.24, 2.45) is 0 Å². The minimum absolute atomic E-state index is 0.194. The average Bonchev–Trinajstić information content (AvgIpc) is 2.32. The standard InChI is InChI=1S/C12H17F3N2O/c13-2-1-3-16-7-12(8-18)17-11-5-9(14)4-10(15)6-11/h4-6,12,16-18H,1-3,7-8H2. The summed E-state index contributed by atoms with van der Waals surface area (Å²) in [7, 11) is 0. The van der Waals surface area contributed by atoms with Gasteiger partial charge in [0.25, 0.3) is 0 Å². The van der Waals surface area contributed by atoms with Gasteiger partial charge in [0.2, 0.25) is 0 Å². The molecule has 0 aliphatic rings. The molecule has 0 aromatic heterocycles. The van der Waals surface area contributed by atoms with Crippen LogP contribution in [0.5, 0.6) is 0 Å². The fourth-order valence-corrected chi connectivity index (χ4v) is 1.50. The summed E-state index contributed by atoms with van der Waals surface area (Å²) in [6, 6.07) is 2.69. The molecular weight excluding hydrogens is 245 g/mol. The molecule has 3 nitrogen and oxygen atoms in total. The number of aliphatic hydroxyl groups excluding tert-OH is 1. The highest BCUT2D eigenvalue weighted by atomic mass is 19.1. The Morgan fingerprint density at radius 2 is 1.83 bits per heavy atom. The third kappa shape index (κ3) is 5.37. The summed E-state index contributed by atoms with van der Waals surface area (Å²) in [4.78, 5) is 0. The third-order valence-electron chi connectivity index (χ3n) is 2.33. The second kappa shape index (κ2) is 7.94. The van der Waals surface area contributed by atoms with E-state index in [9.17, 15) is 13.2 Å². The lowest BCUT2D eigenvalue weighted by molar-refractivity contribution is 0.270. The third-order valence-corrected chi connectivity index (χ3v) is 2.33. The number of benzene rings is 1. The number of rotatable bonds is 8. The highest BCUT2D eigenvalue weighted by Crippen LogP contribution is 2.13. The van der Waals surface area contributed by atoms with Crippen molar-refractivity contribution in [3.63, 3.8) is 0 Å². The molecule has 0 aliphatic carbocycles. The number of aliphatic hydroxyl groups is 1. The van der Waals surface area contributed by atoms with Crippen molar-refractivity contribution in [1.82, 2.24) is 5.32 Å². The van der Waals surface area contributed by atoms with Crippen LogP contribution >= 0.6 is 0 Å². The highest BCUT2D eigenvalue weighted by Gasteiger charge is 2.08. The Morgan fingerprint density at radius 1 is 1.17 bits per heavy atom. The molecule has 102 valence electrons. The molecule has 1 unspecified atom stereocenters. The molecule has 0 fully saturated rings. The van der Waals surface area contributed by atoms with Crippen molar-refractivity contribution < 1.29 is 18.3 Å². The van der Waals surface area contributed by atoms with Crippen LogP contribution in [0.2, 0.25) is 0 Å². The van der Waals surface area contributed by atoms with E-state index in [1.165, 1.54) is 0 Å². The number of anilines is 1. The van der Waals surface area contributed by atoms with Gasteiger partial charge in [0.05, 0.1) is 19.3 Å². The van der Waals surface area contributed by atoms with Crippen molar-refractivity contribution in [3.05, 3.63) is 29.8 Å². The van der Waals surface area contributed by atoms with Gasteiger partial charge in [-0.05, 0) is 25.1 Å². The Kier molecular flexibility index (Phi) is 6.53. The second-order valence-electron chi connectivity index (χ2n) is 3.93. The number of hydrogen-bond acceptors (Lipinski definition) is 3. The lowest BCUT2D eigenvalue weighted by Gasteiger charge is -2.18. The zero-order valence-electron chi connectivity index (χ0n) is 9.93. The summed E-state index contributed by atoms with van der Waals surface area (Å²) in [5.74, 6) is -1.36. The van der Waals surface area contributed by atoms with Crippen LogP contribution in [0, 0.1) is 11.6 Å². The topological polar surface area (TPSA) is 44.3 Å². The fraction of sp³-hybridized carbons (Fsp3) is 0.500. The Morgan fingerprint density at radius 3 is 2.39 bits per heavy atom. The first kappa shape index (κ1) is 14.8. The summed E-state index contributed by atoms with van der Waals surface area (Å²) in [5, 5.41) is 14.9. The maximum Gasteiger partial charge on any atom is 0.128 e. The molecule has 1 rings (SSSR count). The fourth-order valence-electron chi connectivity index (χ4n) is 1.50. The lowest BCUT2D eigenvalue weighted by Crippen LogP contribution is -2.36. The molecular formula is C12H17F3N2O. The number of alkyl halides is 1. The van der Waals surface area contributed by atoms with E-state index in [4.69, 9.17) is 5.11 Å². The van der Waals surface area contributed by atoms with E-state index in [2.05, 4.69) is 10.6 Å². The zero-order valence-corrected chi connectivity index (χ0v) is 9.93. The molecule has 1 atom stereocenters. The molecule has 0 saturated heterocycles. The van der Waals surface area contributed by atoms with E-state index in [1.807, 2.05) is 0 Å². The van der Waals surface area contributed by atoms with Crippen LogP contribution in [0.4, 0.5) is 18.9 Å². The highest BCUT2D eigenvalue weighted by molar-refractivity contribution is 5.44. The number of nitrogens with one attached hydrogen (secondary N) is 2. The molecule has 1 aromatic carbocycles. The molecule has 0 saturated carbocycles. The minimum atomic E-state index is -0.681. The zero-order chi connectivity index (χ0) is 13.4. The first-order chi connectivity index (χ1) is 8.65. The lowest BCUT2D eigenvalue weighted by atomic mass is 10.2. The van der Waals surface area contributed by atoms with E-state index >= 15 is 0 Å². The molecule has 0 aliphatic heterocycles. The normalized spacial score (nSPS) is 12.4. The van der Waals surface area contributed by atoms with Crippen LogP contribution in [-0.4, -0.2) is 37.5 Å². The van der Waals surface area contributed by atoms with Gasteiger partial charge in [0, 0.05) is 18.3 Å². The maximum absolute atomic E-state index is 12.9. The maximum atomic E-state index is 12.9. The number of halogens is 3. The smallest absolute Gasteiger partial charge is 0.128 e. The first-order valence-electron chi connectivity index (χ1n) is 5.76. The van der Waals surface area contributed by atoms with Crippen molar-refractivity contribution in [2.45, 2.75) is 12.5 Å². The predicted octanol–water partition coefficient (Wildman–Crippen LogP) is 1.69. The summed E-state index contributed by atoms with van der Waals surface area (Å²) in [6.45, 7) is 0.279. The van der Waals surface area contributed by atoms with E-state index in [0.717, 1.165) is 18.2 Å². The Balaban J connectivity index is 2.46. The van der Waals surface area contributed by atoms with E-state index in [1.54, 1.807) is 0 Å². The van der Waals surface area contributed by atoms with Gasteiger partial charge in [-0.1, -0.05) is 0 Å². The van der Waals surface area contributed by atoms with Crippen LogP contribution in [0.15, 0.2) is 18.2 Å². The van der Waals surface area contributed by atoms with Gasteiger partial charge in [-0.2, -0.15) is 0 Å². The SMILES string of the molecule is OCC(CNCCCF)Nc1cc(F)cc(F)c1. The van der Waals surface area contributed by atoms with Crippen molar-refractivity contribution in [3.8, 4) is 0 Å². The van der Waals surface area contributed by atoms with Crippen molar-refractivity contribution >= 4 is 5.69 Å². The predicted molar refractivity (Wildman–Crippen MR) is 64.3 cm³/mol. The molecule has 0 radical (unpaired) electrons. The Hall–Kier alpha value is -1.27. The van der Waals surface area contributed by atoms with E-state index in [-0.39, 0.29) is 18.3 Å². The van der Waals surface area contributed by atoms with Crippen LogP contribution in [0.1, 0.15) is 6.42 Å². The van der Waals surface area contributed by atoms with E-state index in [0.29, 0.717) is 19.5 Å². The molecule has 0 heterocycles. The van der Waals surface area contributed by atoms with Crippen LogP contribution in [-0.2, 0) is 0 Å². The average molecular weight is 262 g/mol. The summed E-state index contributed by atoms with van der Waals surface area (Å²) >= 11 is 0. The van der Waals surface area contributed by atoms with Crippen LogP contribution in [0.3, 0.4) is 0 Å². The monoisotopic (exact) mass is 262 g/mol. The minimum Gasteiger partial charge on any atom is -0.394 e. The summed E-state index contributed by atoms with van der Waals surface area (Å²) in [6.07, 6.45) is 0.396. The van der Waals surface area contributed by atoms with Crippen molar-refractivity contribution in [2.75, 3.05) is 31.7 Å². The summed E-state index contributed by atoms with van der Waals surface area (Å²) < 4.78 is 37.7. The molecule has 0 spiro atoms. The largest absolute Gasteiger partial charge is 0.394 e. The molecule has 3 N–H and O–H groups in total. The van der Waals surface area contributed by atoms with Gasteiger partial charge in [-0.3, -0.25) is 4.39 Å². The Labute approximate surface area is 104 Å². The van der Waals surface area contributed by atoms with Gasteiger partial charge in [-0.25, -0.2) is 8.78 Å². The quantitative estimate of drug-likeness (QED) is 0.625. The van der Waals surface area contributed by atoms with Crippen LogP contribution < -0.4 is 10.6 Å². The number of hydrogen-bond donors (Lipinski definition) is 3.